The molecule has 1 aromatic carbocycles. The maximum Gasteiger partial charge on any atom is 0.0266 e. The monoisotopic (exact) mass is 197 g/mol. The minimum absolute atomic E-state index is 0. The second-order valence-corrected chi connectivity index (χ2v) is 3.73. The van der Waals surface area contributed by atoms with Crippen molar-refractivity contribution in [3.63, 3.8) is 0 Å². The standard InChI is InChI=1S/C11H15N.ClH/c1-8(12)9-2-4-10(5-3-9)11-6-7-11;/h2-5,8,11H,6-7,12H2,1H3;1H/t8-;/m1./s1. The smallest absolute Gasteiger partial charge is 0.0266 e. The first-order chi connectivity index (χ1) is 5.77. The quantitative estimate of drug-likeness (QED) is 0.775. The van der Waals surface area contributed by atoms with E-state index in [-0.39, 0.29) is 18.4 Å². The number of hydrogen-bond donors (Lipinski definition) is 1. The number of rotatable bonds is 2. The molecule has 72 valence electrons. The topological polar surface area (TPSA) is 26.0 Å². The van der Waals surface area contributed by atoms with E-state index in [2.05, 4.69) is 24.3 Å². The molecule has 0 aliphatic heterocycles. The van der Waals surface area contributed by atoms with Gasteiger partial charge in [0.25, 0.3) is 0 Å². The van der Waals surface area contributed by atoms with Gasteiger partial charge in [-0.2, -0.15) is 0 Å². The average molecular weight is 198 g/mol. The molecule has 0 spiro atoms. The maximum atomic E-state index is 5.76. The maximum absolute atomic E-state index is 5.76. The summed E-state index contributed by atoms with van der Waals surface area (Å²) in [4.78, 5) is 0. The molecule has 0 unspecified atom stereocenters. The van der Waals surface area contributed by atoms with Gasteiger partial charge in [-0.25, -0.2) is 0 Å². The first kappa shape index (κ1) is 10.6. The highest BCUT2D eigenvalue weighted by molar-refractivity contribution is 5.85. The summed E-state index contributed by atoms with van der Waals surface area (Å²) in [5.41, 5.74) is 8.48. The molecule has 1 aliphatic rings. The zero-order valence-electron chi connectivity index (χ0n) is 7.86. The molecule has 0 amide bonds. The van der Waals surface area contributed by atoms with E-state index in [1.807, 2.05) is 6.92 Å². The van der Waals surface area contributed by atoms with Crippen molar-refractivity contribution in [2.24, 2.45) is 5.73 Å². The molecule has 2 heteroatoms. The van der Waals surface area contributed by atoms with Gasteiger partial charge in [-0.3, -0.25) is 0 Å². The van der Waals surface area contributed by atoms with Gasteiger partial charge in [0.2, 0.25) is 0 Å². The summed E-state index contributed by atoms with van der Waals surface area (Å²) in [5.74, 6) is 0.854. The molecule has 0 heterocycles. The van der Waals surface area contributed by atoms with Crippen LogP contribution in [-0.2, 0) is 0 Å². The lowest BCUT2D eigenvalue weighted by atomic mass is 10.0. The molecule has 2 N–H and O–H groups in total. The van der Waals surface area contributed by atoms with E-state index in [4.69, 9.17) is 5.73 Å². The summed E-state index contributed by atoms with van der Waals surface area (Å²) in [7, 11) is 0. The fourth-order valence-corrected chi connectivity index (χ4v) is 1.49. The second kappa shape index (κ2) is 4.12. The molecule has 0 radical (unpaired) electrons. The van der Waals surface area contributed by atoms with Crippen molar-refractivity contribution in [3.8, 4) is 0 Å². The minimum Gasteiger partial charge on any atom is -0.324 e. The highest BCUT2D eigenvalue weighted by Gasteiger charge is 2.22. The Labute approximate surface area is 85.7 Å². The fourth-order valence-electron chi connectivity index (χ4n) is 1.49. The molecular weight excluding hydrogens is 182 g/mol. The van der Waals surface area contributed by atoms with Crippen LogP contribution in [0.4, 0.5) is 0 Å². The third-order valence-electron chi connectivity index (χ3n) is 2.51. The van der Waals surface area contributed by atoms with Gasteiger partial charge in [0, 0.05) is 6.04 Å². The molecule has 0 aromatic heterocycles. The molecule has 1 aromatic rings. The Morgan fingerprint density at radius 1 is 1.23 bits per heavy atom. The van der Waals surface area contributed by atoms with E-state index in [9.17, 15) is 0 Å². The number of nitrogens with two attached hydrogens (primary N) is 1. The lowest BCUT2D eigenvalue weighted by Gasteiger charge is -2.05. The molecule has 13 heavy (non-hydrogen) atoms. The minimum atomic E-state index is 0. The molecule has 2 rings (SSSR count). The zero-order chi connectivity index (χ0) is 8.55. The molecule has 0 saturated heterocycles. The van der Waals surface area contributed by atoms with Crippen molar-refractivity contribution in [1.29, 1.82) is 0 Å². The Hall–Kier alpha value is -0.530. The SMILES string of the molecule is C[C@@H](N)c1ccc(C2CC2)cc1.Cl. The van der Waals surface area contributed by atoms with E-state index in [1.54, 1.807) is 0 Å². The lowest BCUT2D eigenvalue weighted by molar-refractivity contribution is 0.817. The summed E-state index contributed by atoms with van der Waals surface area (Å²) < 4.78 is 0. The van der Waals surface area contributed by atoms with Crippen LogP contribution < -0.4 is 5.73 Å². The van der Waals surface area contributed by atoms with Gasteiger partial charge in [-0.05, 0) is 36.8 Å². The molecule has 1 saturated carbocycles. The number of hydrogen-bond acceptors (Lipinski definition) is 1. The number of benzene rings is 1. The summed E-state index contributed by atoms with van der Waals surface area (Å²) in [6.07, 6.45) is 2.75. The van der Waals surface area contributed by atoms with Crippen molar-refractivity contribution in [1.82, 2.24) is 0 Å². The first-order valence-electron chi connectivity index (χ1n) is 4.63. The average Bonchev–Trinajstić information content (AvgIpc) is 2.87. The summed E-state index contributed by atoms with van der Waals surface area (Å²) in [5, 5.41) is 0. The highest BCUT2D eigenvalue weighted by Crippen LogP contribution is 2.40. The van der Waals surface area contributed by atoms with Gasteiger partial charge >= 0.3 is 0 Å². The third kappa shape index (κ3) is 2.45. The van der Waals surface area contributed by atoms with Crippen molar-refractivity contribution in [2.45, 2.75) is 31.7 Å². The highest BCUT2D eigenvalue weighted by atomic mass is 35.5. The van der Waals surface area contributed by atoms with Crippen LogP contribution in [0.15, 0.2) is 24.3 Å². The van der Waals surface area contributed by atoms with Crippen LogP contribution in [0.5, 0.6) is 0 Å². The van der Waals surface area contributed by atoms with Crippen LogP contribution in [0, 0.1) is 0 Å². The zero-order valence-corrected chi connectivity index (χ0v) is 8.68. The van der Waals surface area contributed by atoms with E-state index in [1.165, 1.54) is 24.0 Å². The Morgan fingerprint density at radius 3 is 2.15 bits per heavy atom. The van der Waals surface area contributed by atoms with Gasteiger partial charge < -0.3 is 5.73 Å². The molecule has 1 atom stereocenters. The molecular formula is C11H16ClN. The summed E-state index contributed by atoms with van der Waals surface area (Å²) >= 11 is 0. The van der Waals surface area contributed by atoms with Crippen LogP contribution in [0.3, 0.4) is 0 Å². The Morgan fingerprint density at radius 2 is 1.77 bits per heavy atom. The van der Waals surface area contributed by atoms with Gasteiger partial charge in [0.1, 0.15) is 0 Å². The van der Waals surface area contributed by atoms with Gasteiger partial charge in [-0.15, -0.1) is 12.4 Å². The molecule has 1 nitrogen and oxygen atoms in total. The van der Waals surface area contributed by atoms with Crippen molar-refractivity contribution in [2.75, 3.05) is 0 Å². The van der Waals surface area contributed by atoms with E-state index in [0.717, 1.165) is 5.92 Å². The largest absolute Gasteiger partial charge is 0.324 e. The normalized spacial score (nSPS) is 17.7. The van der Waals surface area contributed by atoms with Gasteiger partial charge in [-0.1, -0.05) is 24.3 Å². The third-order valence-corrected chi connectivity index (χ3v) is 2.51. The second-order valence-electron chi connectivity index (χ2n) is 3.73. The Bertz CT molecular complexity index is 241. The molecule has 1 aliphatic carbocycles. The van der Waals surface area contributed by atoms with Gasteiger partial charge in [0.05, 0.1) is 0 Å². The van der Waals surface area contributed by atoms with E-state index >= 15 is 0 Å². The van der Waals surface area contributed by atoms with Crippen molar-refractivity contribution in [3.05, 3.63) is 35.4 Å². The van der Waals surface area contributed by atoms with Crippen LogP contribution in [0.1, 0.15) is 42.9 Å². The van der Waals surface area contributed by atoms with Crippen molar-refractivity contribution >= 4 is 12.4 Å². The lowest BCUT2D eigenvalue weighted by Crippen LogP contribution is -2.04. The van der Waals surface area contributed by atoms with Crippen LogP contribution >= 0.6 is 12.4 Å². The Kier molecular flexibility index (Phi) is 3.34. The Balaban J connectivity index is 0.000000845. The van der Waals surface area contributed by atoms with Crippen LogP contribution in [0.25, 0.3) is 0 Å². The summed E-state index contributed by atoms with van der Waals surface area (Å²) in [6, 6.07) is 8.90. The summed E-state index contributed by atoms with van der Waals surface area (Å²) in [6.45, 7) is 2.02. The van der Waals surface area contributed by atoms with Crippen LogP contribution in [0.2, 0.25) is 0 Å². The van der Waals surface area contributed by atoms with Crippen molar-refractivity contribution < 1.29 is 0 Å². The molecule has 0 bridgehead atoms. The van der Waals surface area contributed by atoms with Crippen LogP contribution in [-0.4, -0.2) is 0 Å². The first-order valence-corrected chi connectivity index (χ1v) is 4.63. The molecule has 1 fully saturated rings. The van der Waals surface area contributed by atoms with Gasteiger partial charge in [0.15, 0.2) is 0 Å². The number of halogens is 1. The predicted octanol–water partition coefficient (Wildman–Crippen LogP) is 3.01. The van der Waals surface area contributed by atoms with E-state index < -0.39 is 0 Å². The fraction of sp³-hybridized carbons (Fsp3) is 0.455. The predicted molar refractivity (Wildman–Crippen MR) is 58.3 cm³/mol. The van der Waals surface area contributed by atoms with E-state index in [0.29, 0.717) is 0 Å².